The summed E-state index contributed by atoms with van der Waals surface area (Å²) in [5.41, 5.74) is 2.18. The summed E-state index contributed by atoms with van der Waals surface area (Å²) in [6, 6.07) is 5.98. The number of methoxy groups -OCH3 is 1. The van der Waals surface area contributed by atoms with Gasteiger partial charge < -0.3 is 10.1 Å². The van der Waals surface area contributed by atoms with Crippen LogP contribution in [0.4, 0.5) is 4.79 Å². The second kappa shape index (κ2) is 5.41. The number of halogens is 1. The number of ether oxygens (including phenoxy) is 1. The van der Waals surface area contributed by atoms with Crippen molar-refractivity contribution in [2.45, 2.75) is 32.7 Å². The van der Waals surface area contributed by atoms with E-state index >= 15 is 0 Å². The van der Waals surface area contributed by atoms with Crippen LogP contribution in [-0.4, -0.2) is 12.5 Å². The van der Waals surface area contributed by atoms with Crippen molar-refractivity contribution in [1.29, 1.82) is 0 Å². The number of rotatable bonds is 3. The summed E-state index contributed by atoms with van der Waals surface area (Å²) in [5, 5.41) is 2.00. The van der Waals surface area contributed by atoms with E-state index in [2.05, 4.69) is 26.1 Å². The van der Waals surface area contributed by atoms with E-state index in [1.165, 1.54) is 5.56 Å². The summed E-state index contributed by atoms with van der Waals surface area (Å²) in [7, 11) is 1.61. The number of carbonyl (C=O) groups excluding carboxylic acids is 1. The summed E-state index contributed by atoms with van der Waals surface area (Å²) >= 11 is 5.26. The Labute approximate surface area is 107 Å². The van der Waals surface area contributed by atoms with Crippen molar-refractivity contribution in [1.82, 2.24) is 5.32 Å². The molecular formula is C13H18ClNO2. The van der Waals surface area contributed by atoms with Gasteiger partial charge in [0.05, 0.1) is 7.11 Å². The Kier molecular flexibility index (Phi) is 4.40. The molecule has 0 unspecified atom stereocenters. The second-order valence-corrected chi connectivity index (χ2v) is 5.25. The topological polar surface area (TPSA) is 38.3 Å². The van der Waals surface area contributed by atoms with Crippen LogP contribution in [0.25, 0.3) is 0 Å². The quantitative estimate of drug-likeness (QED) is 0.664. The Morgan fingerprint density at radius 3 is 2.53 bits per heavy atom. The lowest BCUT2D eigenvalue weighted by Crippen LogP contribution is -2.17. The van der Waals surface area contributed by atoms with Gasteiger partial charge in [-0.1, -0.05) is 26.8 Å². The first kappa shape index (κ1) is 13.8. The molecule has 0 saturated carbocycles. The Bertz CT molecular complexity index is 410. The van der Waals surface area contributed by atoms with E-state index in [0.29, 0.717) is 6.54 Å². The molecule has 4 heteroatoms. The summed E-state index contributed by atoms with van der Waals surface area (Å²) in [5.74, 6) is 0.753. The second-order valence-electron chi connectivity index (χ2n) is 4.90. The van der Waals surface area contributed by atoms with Gasteiger partial charge in [0.1, 0.15) is 5.75 Å². The third-order valence-corrected chi connectivity index (χ3v) is 2.70. The third-order valence-electron chi connectivity index (χ3n) is 2.56. The van der Waals surface area contributed by atoms with Gasteiger partial charge in [-0.25, -0.2) is 0 Å². The van der Waals surface area contributed by atoms with Gasteiger partial charge in [-0.05, 0) is 34.7 Å². The van der Waals surface area contributed by atoms with Crippen LogP contribution in [0.5, 0.6) is 5.75 Å². The van der Waals surface area contributed by atoms with E-state index in [9.17, 15) is 4.79 Å². The van der Waals surface area contributed by atoms with Crippen molar-refractivity contribution in [3.63, 3.8) is 0 Å². The molecule has 1 amide bonds. The molecule has 0 aliphatic rings. The predicted molar refractivity (Wildman–Crippen MR) is 69.8 cm³/mol. The summed E-state index contributed by atoms with van der Waals surface area (Å²) in [6.45, 7) is 6.78. The van der Waals surface area contributed by atoms with Gasteiger partial charge in [0.25, 0.3) is 0 Å². The zero-order valence-electron chi connectivity index (χ0n) is 10.6. The number of carbonyl (C=O) groups is 1. The van der Waals surface area contributed by atoms with Crippen molar-refractivity contribution >= 4 is 17.0 Å². The van der Waals surface area contributed by atoms with Gasteiger partial charge in [-0.2, -0.15) is 0 Å². The number of amides is 1. The minimum Gasteiger partial charge on any atom is -0.496 e. The Hall–Kier alpha value is -1.22. The molecule has 0 heterocycles. The van der Waals surface area contributed by atoms with Crippen LogP contribution in [-0.2, 0) is 12.0 Å². The van der Waals surface area contributed by atoms with Crippen molar-refractivity contribution in [3.05, 3.63) is 29.3 Å². The number of hydrogen-bond donors (Lipinski definition) is 1. The maximum Gasteiger partial charge on any atom is 0.314 e. The highest BCUT2D eigenvalue weighted by Crippen LogP contribution is 2.27. The first-order valence-corrected chi connectivity index (χ1v) is 5.83. The Balaban J connectivity index is 3.02. The van der Waals surface area contributed by atoms with E-state index in [0.717, 1.165) is 11.3 Å². The lowest BCUT2D eigenvalue weighted by Gasteiger charge is -2.21. The minimum atomic E-state index is -0.562. The lowest BCUT2D eigenvalue weighted by molar-refractivity contribution is 0.259. The first-order valence-electron chi connectivity index (χ1n) is 5.45. The normalized spacial score (nSPS) is 11.1. The van der Waals surface area contributed by atoms with Crippen LogP contribution in [0.3, 0.4) is 0 Å². The fourth-order valence-electron chi connectivity index (χ4n) is 1.55. The van der Waals surface area contributed by atoms with Crippen molar-refractivity contribution < 1.29 is 9.53 Å². The van der Waals surface area contributed by atoms with E-state index in [1.54, 1.807) is 7.11 Å². The number of nitrogens with one attached hydrogen (secondary N) is 1. The van der Waals surface area contributed by atoms with Crippen LogP contribution in [0.15, 0.2) is 18.2 Å². The van der Waals surface area contributed by atoms with Crippen LogP contribution < -0.4 is 10.1 Å². The SMILES string of the molecule is COc1ccc(C(C)(C)C)cc1CNC(=O)Cl. The molecule has 3 nitrogen and oxygen atoms in total. The summed E-state index contributed by atoms with van der Waals surface area (Å²) < 4.78 is 5.25. The molecule has 0 atom stereocenters. The summed E-state index contributed by atoms with van der Waals surface area (Å²) in [6.07, 6.45) is 0. The molecule has 1 aromatic carbocycles. The van der Waals surface area contributed by atoms with E-state index in [4.69, 9.17) is 16.3 Å². The maximum absolute atomic E-state index is 10.7. The van der Waals surface area contributed by atoms with Gasteiger partial charge in [0.15, 0.2) is 0 Å². The zero-order chi connectivity index (χ0) is 13.1. The smallest absolute Gasteiger partial charge is 0.314 e. The molecule has 1 aromatic rings. The van der Waals surface area contributed by atoms with Gasteiger partial charge in [0.2, 0.25) is 0 Å². The average molecular weight is 256 g/mol. The zero-order valence-corrected chi connectivity index (χ0v) is 11.4. The number of benzene rings is 1. The van der Waals surface area contributed by atoms with Gasteiger partial charge in [-0.3, -0.25) is 4.79 Å². The van der Waals surface area contributed by atoms with Gasteiger partial charge >= 0.3 is 5.37 Å². The third kappa shape index (κ3) is 3.93. The van der Waals surface area contributed by atoms with Crippen LogP contribution in [0.2, 0.25) is 0 Å². The molecule has 0 aliphatic heterocycles. The van der Waals surface area contributed by atoms with Crippen molar-refractivity contribution in [2.75, 3.05) is 7.11 Å². The van der Waals surface area contributed by atoms with Gasteiger partial charge in [0, 0.05) is 12.1 Å². The monoisotopic (exact) mass is 255 g/mol. The molecule has 0 radical (unpaired) electrons. The predicted octanol–water partition coefficient (Wildman–Crippen LogP) is 3.44. The number of hydrogen-bond acceptors (Lipinski definition) is 2. The standard InChI is InChI=1S/C13H18ClNO2/c1-13(2,3)10-5-6-11(17-4)9(7-10)8-15-12(14)16/h5-7H,8H2,1-4H3,(H,15,16). The van der Waals surface area contributed by atoms with Gasteiger partial charge in [-0.15, -0.1) is 0 Å². The Morgan fingerprint density at radius 2 is 2.06 bits per heavy atom. The fraction of sp³-hybridized carbons (Fsp3) is 0.462. The highest BCUT2D eigenvalue weighted by molar-refractivity contribution is 6.62. The average Bonchev–Trinajstić information content (AvgIpc) is 2.24. The fourth-order valence-corrected chi connectivity index (χ4v) is 1.61. The summed E-state index contributed by atoms with van der Waals surface area (Å²) in [4.78, 5) is 10.7. The lowest BCUT2D eigenvalue weighted by atomic mass is 9.86. The highest BCUT2D eigenvalue weighted by Gasteiger charge is 2.15. The van der Waals surface area contributed by atoms with Crippen molar-refractivity contribution in [3.8, 4) is 5.75 Å². The van der Waals surface area contributed by atoms with Crippen LogP contribution >= 0.6 is 11.6 Å². The molecule has 1 rings (SSSR count). The van der Waals surface area contributed by atoms with Crippen molar-refractivity contribution in [2.24, 2.45) is 0 Å². The molecular weight excluding hydrogens is 238 g/mol. The molecule has 17 heavy (non-hydrogen) atoms. The highest BCUT2D eigenvalue weighted by atomic mass is 35.5. The molecule has 0 aliphatic carbocycles. The van der Waals surface area contributed by atoms with E-state index < -0.39 is 5.37 Å². The van der Waals surface area contributed by atoms with Crippen LogP contribution in [0, 0.1) is 0 Å². The molecule has 0 saturated heterocycles. The minimum absolute atomic E-state index is 0.0615. The molecule has 94 valence electrons. The first-order chi connectivity index (χ1) is 7.84. The van der Waals surface area contributed by atoms with E-state index in [-0.39, 0.29) is 5.41 Å². The van der Waals surface area contributed by atoms with Crippen LogP contribution in [0.1, 0.15) is 31.9 Å². The molecule has 0 fully saturated rings. The largest absolute Gasteiger partial charge is 0.496 e. The Morgan fingerprint density at radius 1 is 1.41 bits per heavy atom. The molecule has 0 bridgehead atoms. The molecule has 0 aromatic heterocycles. The molecule has 1 N–H and O–H groups in total. The van der Waals surface area contributed by atoms with E-state index in [1.807, 2.05) is 18.2 Å². The molecule has 0 spiro atoms. The maximum atomic E-state index is 10.7.